The van der Waals surface area contributed by atoms with Crippen molar-refractivity contribution in [3.8, 4) is 11.5 Å². The second-order valence-electron chi connectivity index (χ2n) is 6.53. The number of phenols is 1. The van der Waals surface area contributed by atoms with Crippen LogP contribution in [0.3, 0.4) is 0 Å². The highest BCUT2D eigenvalue weighted by atomic mass is 16.5. The van der Waals surface area contributed by atoms with Crippen molar-refractivity contribution in [2.24, 2.45) is 0 Å². The number of hydrogen-bond acceptors (Lipinski definition) is 5. The van der Waals surface area contributed by atoms with Gasteiger partial charge in [-0.3, -0.25) is 9.59 Å². The van der Waals surface area contributed by atoms with E-state index in [0.717, 1.165) is 0 Å². The number of carbonyl (C=O) groups is 3. The number of amides is 2. The Hall–Kier alpha value is -2.77. The lowest BCUT2D eigenvalue weighted by Gasteiger charge is -2.30. The number of carbonyl (C=O) groups excluding carboxylic acids is 2. The topological polar surface area (TPSA) is 107 Å². The summed E-state index contributed by atoms with van der Waals surface area (Å²) in [4.78, 5) is 39.5. The van der Waals surface area contributed by atoms with Crippen LogP contribution in [0.15, 0.2) is 24.3 Å². The van der Waals surface area contributed by atoms with Crippen molar-refractivity contribution in [2.45, 2.75) is 37.8 Å². The molecule has 0 saturated carbocycles. The molecule has 2 heterocycles. The lowest BCUT2D eigenvalue weighted by atomic mass is 10.1. The maximum absolute atomic E-state index is 12.8. The molecule has 2 saturated heterocycles. The number of benzene rings is 1. The maximum atomic E-state index is 12.8. The number of para-hydroxylation sites is 2. The van der Waals surface area contributed by atoms with E-state index in [-0.39, 0.29) is 29.9 Å². The monoisotopic (exact) mass is 362 g/mol. The Morgan fingerprint density at radius 2 is 1.69 bits per heavy atom. The molecule has 0 bridgehead atoms. The van der Waals surface area contributed by atoms with Crippen molar-refractivity contribution in [3.63, 3.8) is 0 Å². The molecule has 2 amide bonds. The Kier molecular flexibility index (Phi) is 5.29. The first-order valence-electron chi connectivity index (χ1n) is 8.72. The van der Waals surface area contributed by atoms with Gasteiger partial charge in [0.25, 0.3) is 5.91 Å². The van der Waals surface area contributed by atoms with Crippen LogP contribution in [-0.4, -0.2) is 69.6 Å². The first-order chi connectivity index (χ1) is 12.5. The van der Waals surface area contributed by atoms with E-state index < -0.39 is 18.1 Å². The third kappa shape index (κ3) is 3.58. The Morgan fingerprint density at radius 3 is 2.38 bits per heavy atom. The molecular formula is C18H22N2O6. The van der Waals surface area contributed by atoms with Crippen LogP contribution in [0.4, 0.5) is 0 Å². The molecule has 0 aliphatic carbocycles. The van der Waals surface area contributed by atoms with E-state index in [4.69, 9.17) is 4.74 Å². The minimum absolute atomic E-state index is 0.0595. The first kappa shape index (κ1) is 18.0. The summed E-state index contributed by atoms with van der Waals surface area (Å²) in [5.41, 5.74) is 0. The van der Waals surface area contributed by atoms with Crippen LogP contribution >= 0.6 is 0 Å². The van der Waals surface area contributed by atoms with E-state index in [1.54, 1.807) is 18.2 Å². The highest BCUT2D eigenvalue weighted by molar-refractivity contribution is 5.91. The molecule has 26 heavy (non-hydrogen) atoms. The van der Waals surface area contributed by atoms with Gasteiger partial charge in [-0.25, -0.2) is 4.79 Å². The lowest BCUT2D eigenvalue weighted by molar-refractivity contribution is -0.152. The predicted octanol–water partition coefficient (Wildman–Crippen LogP) is 0.838. The van der Waals surface area contributed by atoms with Crippen molar-refractivity contribution in [1.82, 2.24) is 9.80 Å². The number of aliphatic carboxylic acids is 1. The normalized spacial score (nSPS) is 22.5. The number of nitrogens with zero attached hydrogens (tertiary/aromatic N) is 2. The van der Waals surface area contributed by atoms with Gasteiger partial charge in [0.15, 0.2) is 18.1 Å². The van der Waals surface area contributed by atoms with E-state index in [9.17, 15) is 24.6 Å². The van der Waals surface area contributed by atoms with Crippen LogP contribution in [0, 0.1) is 0 Å². The van der Waals surface area contributed by atoms with Gasteiger partial charge in [-0.05, 0) is 37.8 Å². The number of carboxylic acid groups (broad SMARTS) is 1. The molecule has 0 spiro atoms. The van der Waals surface area contributed by atoms with Gasteiger partial charge in [-0.1, -0.05) is 12.1 Å². The summed E-state index contributed by atoms with van der Waals surface area (Å²) in [5, 5.41) is 19.0. The fourth-order valence-corrected chi connectivity index (χ4v) is 3.60. The molecule has 0 aromatic heterocycles. The van der Waals surface area contributed by atoms with Gasteiger partial charge in [-0.2, -0.15) is 0 Å². The molecule has 140 valence electrons. The van der Waals surface area contributed by atoms with Gasteiger partial charge in [0.05, 0.1) is 0 Å². The SMILES string of the molecule is O=C(O)[C@@H]1CCCN1C(=O)[C@@H]1CCCN1C(=O)COc1ccccc1O. The summed E-state index contributed by atoms with van der Waals surface area (Å²) in [6, 6.07) is 4.89. The Morgan fingerprint density at radius 1 is 1.04 bits per heavy atom. The molecule has 2 N–H and O–H groups in total. The molecule has 0 unspecified atom stereocenters. The summed E-state index contributed by atoms with van der Waals surface area (Å²) >= 11 is 0. The number of aromatic hydroxyl groups is 1. The Balaban J connectivity index is 1.64. The minimum atomic E-state index is -1.00. The van der Waals surface area contributed by atoms with E-state index in [1.807, 2.05) is 0 Å². The van der Waals surface area contributed by atoms with E-state index in [2.05, 4.69) is 0 Å². The van der Waals surface area contributed by atoms with E-state index >= 15 is 0 Å². The fourth-order valence-electron chi connectivity index (χ4n) is 3.60. The Bertz CT molecular complexity index is 707. The Labute approximate surface area is 151 Å². The molecule has 2 aliphatic rings. The average molecular weight is 362 g/mol. The van der Waals surface area contributed by atoms with Crippen molar-refractivity contribution in [3.05, 3.63) is 24.3 Å². The minimum Gasteiger partial charge on any atom is -0.504 e. The lowest BCUT2D eigenvalue weighted by Crippen LogP contribution is -2.51. The van der Waals surface area contributed by atoms with Crippen molar-refractivity contribution < 1.29 is 29.3 Å². The number of rotatable bonds is 5. The van der Waals surface area contributed by atoms with Crippen molar-refractivity contribution in [1.29, 1.82) is 0 Å². The van der Waals surface area contributed by atoms with Crippen LogP contribution in [-0.2, 0) is 14.4 Å². The second-order valence-corrected chi connectivity index (χ2v) is 6.53. The predicted molar refractivity (Wildman–Crippen MR) is 90.7 cm³/mol. The van der Waals surface area contributed by atoms with Crippen molar-refractivity contribution in [2.75, 3.05) is 19.7 Å². The summed E-state index contributed by atoms with van der Waals surface area (Å²) in [7, 11) is 0. The van der Waals surface area contributed by atoms with Gasteiger partial charge in [-0.15, -0.1) is 0 Å². The maximum Gasteiger partial charge on any atom is 0.326 e. The second kappa shape index (κ2) is 7.63. The van der Waals surface area contributed by atoms with Gasteiger partial charge < -0.3 is 24.7 Å². The first-order valence-corrected chi connectivity index (χ1v) is 8.72. The number of phenolic OH excluding ortho intramolecular Hbond substituents is 1. The zero-order chi connectivity index (χ0) is 18.7. The number of likely N-dealkylation sites (tertiary alicyclic amines) is 2. The summed E-state index contributed by atoms with van der Waals surface area (Å²) in [6.45, 7) is 0.553. The molecule has 8 nitrogen and oxygen atoms in total. The molecule has 2 fully saturated rings. The van der Waals surface area contributed by atoms with Gasteiger partial charge >= 0.3 is 5.97 Å². The van der Waals surface area contributed by atoms with Gasteiger partial charge in [0.1, 0.15) is 12.1 Å². The van der Waals surface area contributed by atoms with Crippen LogP contribution < -0.4 is 4.74 Å². The van der Waals surface area contributed by atoms with E-state index in [0.29, 0.717) is 38.8 Å². The highest BCUT2D eigenvalue weighted by Gasteiger charge is 2.42. The summed E-state index contributed by atoms with van der Waals surface area (Å²) in [6.07, 6.45) is 2.30. The zero-order valence-corrected chi connectivity index (χ0v) is 14.3. The third-order valence-corrected chi connectivity index (χ3v) is 4.90. The van der Waals surface area contributed by atoms with Crippen LogP contribution in [0.2, 0.25) is 0 Å². The summed E-state index contributed by atoms with van der Waals surface area (Å²) < 4.78 is 5.36. The molecular weight excluding hydrogens is 340 g/mol. The number of carboxylic acids is 1. The third-order valence-electron chi connectivity index (χ3n) is 4.90. The molecule has 8 heteroatoms. The molecule has 1 aromatic rings. The van der Waals surface area contributed by atoms with Crippen LogP contribution in [0.5, 0.6) is 11.5 Å². The van der Waals surface area contributed by atoms with Crippen molar-refractivity contribution >= 4 is 17.8 Å². The van der Waals surface area contributed by atoms with Gasteiger partial charge in [0.2, 0.25) is 5.91 Å². The molecule has 2 aliphatic heterocycles. The molecule has 2 atom stereocenters. The van der Waals surface area contributed by atoms with Crippen LogP contribution in [0.25, 0.3) is 0 Å². The molecule has 3 rings (SSSR count). The zero-order valence-electron chi connectivity index (χ0n) is 14.3. The summed E-state index contributed by atoms with van der Waals surface area (Å²) in [5.74, 6) is -1.52. The van der Waals surface area contributed by atoms with Crippen LogP contribution in [0.1, 0.15) is 25.7 Å². The quantitative estimate of drug-likeness (QED) is 0.804. The average Bonchev–Trinajstić information content (AvgIpc) is 3.29. The number of hydrogen-bond donors (Lipinski definition) is 2. The largest absolute Gasteiger partial charge is 0.504 e. The van der Waals surface area contributed by atoms with E-state index in [1.165, 1.54) is 15.9 Å². The fraction of sp³-hybridized carbons (Fsp3) is 0.500. The molecule has 1 aromatic carbocycles. The molecule has 0 radical (unpaired) electrons. The highest BCUT2D eigenvalue weighted by Crippen LogP contribution is 2.27. The smallest absolute Gasteiger partial charge is 0.326 e. The van der Waals surface area contributed by atoms with Gasteiger partial charge in [0, 0.05) is 13.1 Å². The standard InChI is InChI=1S/C18H22N2O6/c21-14-7-1-2-8-15(14)26-11-16(22)19-9-3-5-12(19)17(23)20-10-4-6-13(20)18(24)25/h1-2,7-8,12-13,21H,3-6,9-11H2,(H,24,25)/t12-,13-/m0/s1. The number of ether oxygens (including phenoxy) is 1.